The van der Waals surface area contributed by atoms with Crippen molar-refractivity contribution in [2.45, 2.75) is 26.7 Å². The van der Waals surface area contributed by atoms with Crippen LogP contribution in [0.15, 0.2) is 48.5 Å². The van der Waals surface area contributed by atoms with Crippen molar-refractivity contribution in [1.29, 1.82) is 0 Å². The van der Waals surface area contributed by atoms with Gasteiger partial charge in [-0.15, -0.1) is 0 Å². The predicted molar refractivity (Wildman–Crippen MR) is 84.8 cm³/mol. The number of para-hydroxylation sites is 1. The minimum atomic E-state index is -0.382. The maximum absolute atomic E-state index is 13.5. The van der Waals surface area contributed by atoms with Crippen LogP contribution in [0.3, 0.4) is 0 Å². The van der Waals surface area contributed by atoms with Crippen LogP contribution in [0.25, 0.3) is 0 Å². The van der Waals surface area contributed by atoms with Gasteiger partial charge in [0.05, 0.1) is 5.69 Å². The van der Waals surface area contributed by atoms with Crippen molar-refractivity contribution in [2.75, 3.05) is 11.4 Å². The average molecular weight is 285 g/mol. The number of hydrogen-bond donors (Lipinski definition) is 0. The molecule has 2 rings (SSSR count). The second kappa shape index (κ2) is 7.02. The number of halogens is 1. The standard InChI is InChI=1S/C18H20FNO/c1-3-4-12-20(16-8-6-5-7-9-16)18-11-10-15(19)13-17(18)14(2)21/h5-11,13H,3-4,12H2,1-2H3. The zero-order valence-corrected chi connectivity index (χ0v) is 12.5. The van der Waals surface area contributed by atoms with Gasteiger partial charge in [0.25, 0.3) is 0 Å². The lowest BCUT2D eigenvalue weighted by Crippen LogP contribution is -2.20. The Morgan fingerprint density at radius 3 is 2.48 bits per heavy atom. The Hall–Kier alpha value is -2.16. The first-order chi connectivity index (χ1) is 10.1. The van der Waals surface area contributed by atoms with Crippen LogP contribution >= 0.6 is 0 Å². The Morgan fingerprint density at radius 2 is 1.86 bits per heavy atom. The summed E-state index contributed by atoms with van der Waals surface area (Å²) in [6.45, 7) is 4.40. The van der Waals surface area contributed by atoms with E-state index in [1.807, 2.05) is 30.3 Å². The molecule has 0 N–H and O–H groups in total. The number of anilines is 2. The number of ketones is 1. The van der Waals surface area contributed by atoms with Crippen LogP contribution in [-0.4, -0.2) is 12.3 Å². The van der Waals surface area contributed by atoms with Crippen LogP contribution in [0.1, 0.15) is 37.0 Å². The normalized spacial score (nSPS) is 10.4. The molecule has 0 aliphatic carbocycles. The second-order valence-corrected chi connectivity index (χ2v) is 5.06. The summed E-state index contributed by atoms with van der Waals surface area (Å²) in [4.78, 5) is 13.9. The van der Waals surface area contributed by atoms with Gasteiger partial charge < -0.3 is 4.90 Å². The number of unbranched alkanes of at least 4 members (excludes halogenated alkanes) is 1. The summed E-state index contributed by atoms with van der Waals surface area (Å²) in [5.74, 6) is -0.505. The minimum absolute atomic E-state index is 0.123. The largest absolute Gasteiger partial charge is 0.341 e. The lowest BCUT2D eigenvalue weighted by molar-refractivity contribution is 0.101. The highest BCUT2D eigenvalue weighted by Gasteiger charge is 2.16. The Kier molecular flexibility index (Phi) is 5.09. The molecule has 0 saturated carbocycles. The van der Waals surface area contributed by atoms with E-state index in [9.17, 15) is 9.18 Å². The molecule has 0 fully saturated rings. The summed E-state index contributed by atoms with van der Waals surface area (Å²) >= 11 is 0. The molecule has 0 saturated heterocycles. The highest BCUT2D eigenvalue weighted by atomic mass is 19.1. The average Bonchev–Trinajstić information content (AvgIpc) is 2.49. The van der Waals surface area contributed by atoms with Gasteiger partial charge in [-0.05, 0) is 43.7 Å². The van der Waals surface area contributed by atoms with E-state index >= 15 is 0 Å². The number of carbonyl (C=O) groups is 1. The van der Waals surface area contributed by atoms with Crippen molar-refractivity contribution >= 4 is 17.2 Å². The fourth-order valence-electron chi connectivity index (χ4n) is 2.34. The van der Waals surface area contributed by atoms with Crippen molar-refractivity contribution in [3.8, 4) is 0 Å². The van der Waals surface area contributed by atoms with Crippen molar-refractivity contribution in [3.05, 3.63) is 59.9 Å². The Morgan fingerprint density at radius 1 is 1.14 bits per heavy atom. The van der Waals surface area contributed by atoms with Gasteiger partial charge in [0.1, 0.15) is 5.82 Å². The molecule has 110 valence electrons. The third-order valence-electron chi connectivity index (χ3n) is 3.43. The maximum atomic E-state index is 13.5. The zero-order valence-electron chi connectivity index (χ0n) is 12.5. The molecule has 2 aromatic carbocycles. The quantitative estimate of drug-likeness (QED) is 0.699. The summed E-state index contributed by atoms with van der Waals surface area (Å²) < 4.78 is 13.5. The molecule has 0 aliphatic rings. The lowest BCUT2D eigenvalue weighted by Gasteiger charge is -2.26. The molecule has 0 atom stereocenters. The van der Waals surface area contributed by atoms with Gasteiger partial charge in [0, 0.05) is 17.8 Å². The van der Waals surface area contributed by atoms with Crippen molar-refractivity contribution < 1.29 is 9.18 Å². The first-order valence-electron chi connectivity index (χ1n) is 7.26. The highest BCUT2D eigenvalue weighted by molar-refractivity contribution is 6.00. The first-order valence-corrected chi connectivity index (χ1v) is 7.26. The van der Waals surface area contributed by atoms with E-state index in [4.69, 9.17) is 0 Å². The van der Waals surface area contributed by atoms with Crippen LogP contribution in [0.2, 0.25) is 0 Å². The van der Waals surface area contributed by atoms with E-state index in [-0.39, 0.29) is 11.6 Å². The van der Waals surface area contributed by atoms with Crippen LogP contribution < -0.4 is 4.90 Å². The van der Waals surface area contributed by atoms with Gasteiger partial charge in [-0.2, -0.15) is 0 Å². The van der Waals surface area contributed by atoms with Crippen LogP contribution in [0.4, 0.5) is 15.8 Å². The van der Waals surface area contributed by atoms with E-state index in [0.717, 1.165) is 30.8 Å². The molecule has 0 aromatic heterocycles. The summed E-state index contributed by atoms with van der Waals surface area (Å²) in [6.07, 6.45) is 2.06. The van der Waals surface area contributed by atoms with Crippen LogP contribution in [0.5, 0.6) is 0 Å². The summed E-state index contributed by atoms with van der Waals surface area (Å²) in [7, 11) is 0. The van der Waals surface area contributed by atoms with E-state index < -0.39 is 0 Å². The molecule has 0 unspecified atom stereocenters. The first kappa shape index (κ1) is 15.2. The fourth-order valence-corrected chi connectivity index (χ4v) is 2.34. The van der Waals surface area contributed by atoms with Gasteiger partial charge in [0.2, 0.25) is 0 Å². The molecule has 21 heavy (non-hydrogen) atoms. The van der Waals surface area contributed by atoms with Gasteiger partial charge >= 0.3 is 0 Å². The topological polar surface area (TPSA) is 20.3 Å². The monoisotopic (exact) mass is 285 g/mol. The molecule has 0 amide bonds. The Labute approximate surface area is 125 Å². The SMILES string of the molecule is CCCCN(c1ccccc1)c1ccc(F)cc1C(C)=O. The van der Waals surface area contributed by atoms with Crippen molar-refractivity contribution in [1.82, 2.24) is 0 Å². The molecule has 2 aromatic rings. The van der Waals surface area contributed by atoms with E-state index in [1.54, 1.807) is 6.07 Å². The predicted octanol–water partition coefficient (Wildman–Crippen LogP) is 4.97. The third-order valence-corrected chi connectivity index (χ3v) is 3.43. The van der Waals surface area contributed by atoms with Gasteiger partial charge in [-0.3, -0.25) is 4.79 Å². The molecule has 0 bridgehead atoms. The second-order valence-electron chi connectivity index (χ2n) is 5.06. The molecule has 0 heterocycles. The van der Waals surface area contributed by atoms with Gasteiger partial charge in [-0.25, -0.2) is 4.39 Å². The molecule has 3 heteroatoms. The number of rotatable bonds is 6. The Bertz CT molecular complexity index is 610. The lowest BCUT2D eigenvalue weighted by atomic mass is 10.1. The number of carbonyl (C=O) groups excluding carboxylic acids is 1. The van der Waals surface area contributed by atoms with Crippen LogP contribution in [-0.2, 0) is 0 Å². The van der Waals surface area contributed by atoms with Crippen LogP contribution in [0, 0.1) is 5.82 Å². The number of benzene rings is 2. The van der Waals surface area contributed by atoms with E-state index in [1.165, 1.54) is 19.1 Å². The molecular weight excluding hydrogens is 265 g/mol. The summed E-state index contributed by atoms with van der Waals surface area (Å²) in [6, 6.07) is 14.3. The minimum Gasteiger partial charge on any atom is -0.341 e. The molecular formula is C18H20FNO. The van der Waals surface area contributed by atoms with Crippen molar-refractivity contribution in [3.63, 3.8) is 0 Å². The molecule has 0 spiro atoms. The van der Waals surface area contributed by atoms with E-state index in [0.29, 0.717) is 5.56 Å². The van der Waals surface area contributed by atoms with Crippen molar-refractivity contribution in [2.24, 2.45) is 0 Å². The Balaban J connectivity index is 2.48. The number of hydrogen-bond acceptors (Lipinski definition) is 2. The van der Waals surface area contributed by atoms with Gasteiger partial charge in [-0.1, -0.05) is 31.5 Å². The third kappa shape index (κ3) is 3.69. The smallest absolute Gasteiger partial charge is 0.162 e. The van der Waals surface area contributed by atoms with E-state index in [2.05, 4.69) is 11.8 Å². The summed E-state index contributed by atoms with van der Waals surface area (Å²) in [5.41, 5.74) is 2.21. The number of nitrogens with zero attached hydrogens (tertiary/aromatic N) is 1. The highest BCUT2D eigenvalue weighted by Crippen LogP contribution is 2.30. The molecule has 0 aliphatic heterocycles. The summed E-state index contributed by atoms with van der Waals surface area (Å²) in [5, 5.41) is 0. The molecule has 2 nitrogen and oxygen atoms in total. The number of Topliss-reactive ketones (excluding diaryl/α,β-unsaturated/α-hetero) is 1. The maximum Gasteiger partial charge on any atom is 0.162 e. The fraction of sp³-hybridized carbons (Fsp3) is 0.278. The zero-order chi connectivity index (χ0) is 15.2. The molecule has 0 radical (unpaired) electrons. The van der Waals surface area contributed by atoms with Gasteiger partial charge in [0.15, 0.2) is 5.78 Å².